The van der Waals surface area contributed by atoms with E-state index in [9.17, 15) is 4.79 Å². The van der Waals surface area contributed by atoms with Gasteiger partial charge in [0.25, 0.3) is 5.91 Å². The second-order valence-corrected chi connectivity index (χ2v) is 4.41. The first-order chi connectivity index (χ1) is 7.67. The van der Waals surface area contributed by atoms with Gasteiger partial charge in [-0.2, -0.15) is 0 Å². The molecule has 1 aromatic heterocycles. The number of halogens is 2. The van der Waals surface area contributed by atoms with Gasteiger partial charge in [-0.3, -0.25) is 4.79 Å². The summed E-state index contributed by atoms with van der Waals surface area (Å²) in [6.45, 7) is 2.23. The normalized spacial score (nSPS) is 16.6. The lowest BCUT2D eigenvalue weighted by Gasteiger charge is -2.28. The van der Waals surface area contributed by atoms with Gasteiger partial charge in [0.2, 0.25) is 5.76 Å². The highest BCUT2D eigenvalue weighted by Gasteiger charge is 2.35. The summed E-state index contributed by atoms with van der Waals surface area (Å²) in [7, 11) is 0. The number of carbonyl (C=O) groups is 1. The number of hydrogen-bond acceptors (Lipinski definition) is 4. The van der Waals surface area contributed by atoms with Crippen LogP contribution in [0.25, 0.3) is 0 Å². The predicted molar refractivity (Wildman–Crippen MR) is 73.5 cm³/mol. The number of rotatable bonds is 3. The lowest BCUT2D eigenvalue weighted by molar-refractivity contribution is 0.0873. The van der Waals surface area contributed by atoms with E-state index in [0.717, 1.165) is 25.7 Å². The van der Waals surface area contributed by atoms with Crippen molar-refractivity contribution in [1.82, 2.24) is 10.3 Å². The first kappa shape index (κ1) is 17.2. The number of oxazole rings is 1. The van der Waals surface area contributed by atoms with Crippen molar-refractivity contribution in [2.75, 3.05) is 6.54 Å². The highest BCUT2D eigenvalue weighted by atomic mass is 35.5. The summed E-state index contributed by atoms with van der Waals surface area (Å²) in [5.74, 6) is 0.0853. The van der Waals surface area contributed by atoms with Crippen LogP contribution in [0.2, 0.25) is 0 Å². The first-order valence-electron chi connectivity index (χ1n) is 5.59. The summed E-state index contributed by atoms with van der Waals surface area (Å²) >= 11 is 0. The van der Waals surface area contributed by atoms with Crippen LogP contribution in [0, 0.1) is 6.92 Å². The molecule has 0 spiro atoms. The Morgan fingerprint density at radius 1 is 1.50 bits per heavy atom. The molecule has 1 aliphatic rings. The lowest BCUT2D eigenvalue weighted by Crippen LogP contribution is -2.51. The molecule has 0 aromatic carbocycles. The third kappa shape index (κ3) is 3.37. The van der Waals surface area contributed by atoms with E-state index in [4.69, 9.17) is 10.2 Å². The van der Waals surface area contributed by atoms with E-state index in [1.54, 1.807) is 6.92 Å². The van der Waals surface area contributed by atoms with Crippen molar-refractivity contribution >= 4 is 30.7 Å². The van der Waals surface area contributed by atoms with Crippen molar-refractivity contribution < 1.29 is 9.21 Å². The summed E-state index contributed by atoms with van der Waals surface area (Å²) in [5, 5.41) is 2.99. The second kappa shape index (κ2) is 6.97. The number of hydrogen-bond donors (Lipinski definition) is 2. The number of nitrogens with two attached hydrogens (primary N) is 1. The second-order valence-electron chi connectivity index (χ2n) is 4.41. The number of nitrogens with zero attached hydrogens (tertiary/aromatic N) is 1. The molecular weight excluding hydrogens is 277 g/mol. The maximum Gasteiger partial charge on any atom is 0.289 e. The smallest absolute Gasteiger partial charge is 0.289 e. The summed E-state index contributed by atoms with van der Waals surface area (Å²) in [5.41, 5.74) is 6.12. The summed E-state index contributed by atoms with van der Waals surface area (Å²) in [6.07, 6.45) is 5.42. The van der Waals surface area contributed by atoms with E-state index in [-0.39, 0.29) is 36.3 Å². The highest BCUT2D eigenvalue weighted by Crippen LogP contribution is 2.29. The van der Waals surface area contributed by atoms with Crippen LogP contribution in [0.1, 0.15) is 41.9 Å². The molecule has 1 fully saturated rings. The van der Waals surface area contributed by atoms with Gasteiger partial charge >= 0.3 is 0 Å². The van der Waals surface area contributed by atoms with Crippen molar-refractivity contribution in [2.24, 2.45) is 5.73 Å². The average Bonchev–Trinajstić information content (AvgIpc) is 2.87. The molecule has 3 N–H and O–H groups in total. The van der Waals surface area contributed by atoms with Crippen molar-refractivity contribution in [3.05, 3.63) is 17.8 Å². The number of carbonyl (C=O) groups excluding carboxylic acids is 1. The van der Waals surface area contributed by atoms with E-state index in [0.29, 0.717) is 18.0 Å². The molecule has 1 aliphatic carbocycles. The quantitative estimate of drug-likeness (QED) is 0.891. The first-order valence-corrected chi connectivity index (χ1v) is 5.59. The standard InChI is InChI=1S/C11H17N3O2.2ClH/c1-8-9(16-7-13-8)10(15)14-11(6-12)4-2-3-5-11;;/h7H,2-6,12H2,1H3,(H,14,15);2*1H. The van der Waals surface area contributed by atoms with Gasteiger partial charge in [0.1, 0.15) is 0 Å². The number of aryl methyl sites for hydroxylation is 1. The molecular formula is C11H19Cl2N3O2. The minimum Gasteiger partial charge on any atom is -0.438 e. The van der Waals surface area contributed by atoms with Crippen molar-refractivity contribution in [2.45, 2.75) is 38.1 Å². The van der Waals surface area contributed by atoms with Crippen molar-refractivity contribution in [3.63, 3.8) is 0 Å². The Morgan fingerprint density at radius 3 is 2.56 bits per heavy atom. The molecule has 18 heavy (non-hydrogen) atoms. The van der Waals surface area contributed by atoms with E-state index in [1.807, 2.05) is 0 Å². The van der Waals surface area contributed by atoms with E-state index in [2.05, 4.69) is 10.3 Å². The molecule has 0 aliphatic heterocycles. The Hall–Kier alpha value is -0.780. The molecule has 1 aromatic rings. The summed E-state index contributed by atoms with van der Waals surface area (Å²) < 4.78 is 5.06. The van der Waals surface area contributed by atoms with Crippen LogP contribution in [0.5, 0.6) is 0 Å². The number of nitrogens with one attached hydrogen (secondary N) is 1. The van der Waals surface area contributed by atoms with Crippen LogP contribution in [0.3, 0.4) is 0 Å². The van der Waals surface area contributed by atoms with Crippen LogP contribution >= 0.6 is 24.8 Å². The average molecular weight is 296 g/mol. The van der Waals surface area contributed by atoms with Gasteiger partial charge in [-0.1, -0.05) is 12.8 Å². The van der Waals surface area contributed by atoms with Gasteiger partial charge in [-0.05, 0) is 19.8 Å². The summed E-state index contributed by atoms with van der Waals surface area (Å²) in [6, 6.07) is 0. The van der Waals surface area contributed by atoms with Crippen LogP contribution < -0.4 is 11.1 Å². The van der Waals surface area contributed by atoms with Gasteiger partial charge in [-0.25, -0.2) is 4.98 Å². The van der Waals surface area contributed by atoms with E-state index < -0.39 is 0 Å². The Balaban J connectivity index is 0.00000144. The summed E-state index contributed by atoms with van der Waals surface area (Å²) in [4.78, 5) is 15.8. The Labute approximate surface area is 119 Å². The number of aromatic nitrogens is 1. The molecule has 1 heterocycles. The molecule has 0 bridgehead atoms. The fourth-order valence-corrected chi connectivity index (χ4v) is 2.25. The molecule has 1 amide bonds. The molecule has 0 saturated heterocycles. The molecule has 0 unspecified atom stereocenters. The van der Waals surface area contributed by atoms with Gasteiger partial charge in [0, 0.05) is 6.54 Å². The van der Waals surface area contributed by atoms with Crippen LogP contribution in [-0.4, -0.2) is 23.0 Å². The third-order valence-electron chi connectivity index (χ3n) is 3.28. The zero-order valence-electron chi connectivity index (χ0n) is 10.3. The fraction of sp³-hybridized carbons (Fsp3) is 0.636. The monoisotopic (exact) mass is 295 g/mol. The van der Waals surface area contributed by atoms with Gasteiger partial charge in [0.15, 0.2) is 6.39 Å². The van der Waals surface area contributed by atoms with Crippen LogP contribution in [0.15, 0.2) is 10.8 Å². The molecule has 0 radical (unpaired) electrons. The van der Waals surface area contributed by atoms with Crippen molar-refractivity contribution in [3.8, 4) is 0 Å². The zero-order valence-corrected chi connectivity index (χ0v) is 11.9. The Morgan fingerprint density at radius 2 is 2.11 bits per heavy atom. The van der Waals surface area contributed by atoms with Crippen LogP contribution in [-0.2, 0) is 0 Å². The molecule has 104 valence electrons. The maximum absolute atomic E-state index is 11.9. The maximum atomic E-state index is 11.9. The molecule has 1 saturated carbocycles. The Kier molecular flexibility index (Phi) is 6.67. The van der Waals surface area contributed by atoms with E-state index >= 15 is 0 Å². The van der Waals surface area contributed by atoms with Crippen LogP contribution in [0.4, 0.5) is 0 Å². The lowest BCUT2D eigenvalue weighted by atomic mass is 9.97. The van der Waals surface area contributed by atoms with Gasteiger partial charge in [-0.15, -0.1) is 24.8 Å². The minimum absolute atomic E-state index is 0. The SMILES string of the molecule is Cc1ncoc1C(=O)NC1(CN)CCCC1.Cl.Cl. The fourth-order valence-electron chi connectivity index (χ4n) is 2.25. The molecule has 5 nitrogen and oxygen atoms in total. The zero-order chi connectivity index (χ0) is 11.6. The van der Waals surface area contributed by atoms with Gasteiger partial charge < -0.3 is 15.5 Å². The van der Waals surface area contributed by atoms with Gasteiger partial charge in [0.05, 0.1) is 11.2 Å². The largest absolute Gasteiger partial charge is 0.438 e. The topological polar surface area (TPSA) is 81.2 Å². The molecule has 0 atom stereocenters. The predicted octanol–water partition coefficient (Wildman–Crippen LogP) is 1.83. The van der Waals surface area contributed by atoms with Crippen molar-refractivity contribution in [1.29, 1.82) is 0 Å². The highest BCUT2D eigenvalue weighted by molar-refractivity contribution is 5.92. The minimum atomic E-state index is -0.240. The third-order valence-corrected chi connectivity index (χ3v) is 3.28. The molecule has 2 rings (SSSR count). The Bertz CT molecular complexity index is 389. The molecule has 7 heteroatoms. The van der Waals surface area contributed by atoms with E-state index in [1.165, 1.54) is 6.39 Å². The number of amides is 1.